The molecule has 8 atom stereocenters. The van der Waals surface area contributed by atoms with Crippen molar-refractivity contribution in [2.24, 2.45) is 47.3 Å². The maximum Gasteiger partial charge on any atom is 0.471 e. The van der Waals surface area contributed by atoms with Crippen molar-refractivity contribution in [1.29, 1.82) is 0 Å². The van der Waals surface area contributed by atoms with Crippen molar-refractivity contribution in [3.8, 4) is 0 Å². The molecule has 16 heteroatoms. The van der Waals surface area contributed by atoms with E-state index in [9.17, 15) is 28.3 Å². The first-order valence-corrected chi connectivity index (χ1v) is 12.7. The van der Waals surface area contributed by atoms with Gasteiger partial charge < -0.3 is 19.6 Å². The Balaban J connectivity index is 1.40. The van der Waals surface area contributed by atoms with E-state index in [0.717, 1.165) is 0 Å². The lowest BCUT2D eigenvalue weighted by atomic mass is 9.40. The topological polar surface area (TPSA) is 208 Å². The standard InChI is InChI=1S/C16H18N2O12P2/c19-13-9-5-1-2-6(10(9)14(20)17(13)3-29-31(23,24)25)8-7(5)11-12(8)16(22)18(15(11)21)4-30-32(26,27)28/h1-2,5-12H,3-4H2,(H2,23,24,25)(H2,26,27,28)/t5-,6+,7-,8+,9-,10-,11-,12-/m1/s1. The number of carbonyl (C=O) groups is 4. The zero-order chi connectivity index (χ0) is 23.3. The summed E-state index contributed by atoms with van der Waals surface area (Å²) in [5, 5.41) is 0. The molecule has 0 aromatic rings. The van der Waals surface area contributed by atoms with Crippen LogP contribution >= 0.6 is 15.6 Å². The zero-order valence-electron chi connectivity index (χ0n) is 16.0. The van der Waals surface area contributed by atoms with Gasteiger partial charge >= 0.3 is 15.6 Å². The molecule has 0 spiro atoms. The first-order valence-electron chi connectivity index (χ1n) is 9.61. The molecule has 6 aliphatic rings. The average Bonchev–Trinajstić information content (AvgIpc) is 3.02. The molecule has 32 heavy (non-hydrogen) atoms. The highest BCUT2D eigenvalue weighted by Gasteiger charge is 2.75. The van der Waals surface area contributed by atoms with Gasteiger partial charge in [-0.15, -0.1) is 0 Å². The van der Waals surface area contributed by atoms with Gasteiger partial charge in [-0.2, -0.15) is 0 Å². The van der Waals surface area contributed by atoms with E-state index in [4.69, 9.17) is 19.6 Å². The molecule has 0 aromatic heterocycles. The number of imide groups is 2. The summed E-state index contributed by atoms with van der Waals surface area (Å²) in [7, 11) is -9.83. The third-order valence-electron chi connectivity index (χ3n) is 7.24. The number of allylic oxidation sites excluding steroid dienone is 2. The van der Waals surface area contributed by atoms with Crippen LogP contribution in [-0.2, 0) is 37.4 Å². The van der Waals surface area contributed by atoms with Gasteiger partial charge in [0.1, 0.15) is 13.5 Å². The lowest BCUT2D eigenvalue weighted by molar-refractivity contribution is -0.166. The molecule has 2 saturated carbocycles. The maximum absolute atomic E-state index is 12.9. The Labute approximate surface area is 179 Å². The molecular formula is C16H18N2O12P2. The smallest absolute Gasteiger partial charge is 0.303 e. The Morgan fingerprint density at radius 1 is 0.656 bits per heavy atom. The highest BCUT2D eigenvalue weighted by atomic mass is 31.2. The van der Waals surface area contributed by atoms with E-state index in [1.54, 1.807) is 12.2 Å². The van der Waals surface area contributed by atoms with Crippen molar-refractivity contribution < 1.29 is 56.9 Å². The van der Waals surface area contributed by atoms with Crippen molar-refractivity contribution in [3.63, 3.8) is 0 Å². The number of amides is 4. The fourth-order valence-corrected chi connectivity index (χ4v) is 6.78. The van der Waals surface area contributed by atoms with Crippen LogP contribution in [0.4, 0.5) is 0 Å². The number of rotatable bonds is 6. The van der Waals surface area contributed by atoms with E-state index in [0.29, 0.717) is 9.80 Å². The van der Waals surface area contributed by atoms with Gasteiger partial charge in [-0.25, -0.2) is 9.13 Å². The lowest BCUT2D eigenvalue weighted by Crippen LogP contribution is -2.63. The summed E-state index contributed by atoms with van der Waals surface area (Å²) in [6.07, 6.45) is 3.46. The third-order valence-corrected chi connectivity index (χ3v) is 8.14. The predicted molar refractivity (Wildman–Crippen MR) is 96.8 cm³/mol. The largest absolute Gasteiger partial charge is 0.471 e. The molecule has 0 unspecified atom stereocenters. The lowest BCUT2D eigenvalue weighted by Gasteiger charge is -2.60. The van der Waals surface area contributed by atoms with E-state index in [1.807, 2.05) is 0 Å². The molecular weight excluding hydrogens is 474 g/mol. The maximum atomic E-state index is 12.9. The third kappa shape index (κ3) is 3.02. The molecule has 174 valence electrons. The quantitative estimate of drug-likeness (QED) is 0.187. The highest BCUT2D eigenvalue weighted by molar-refractivity contribution is 7.46. The van der Waals surface area contributed by atoms with Crippen LogP contribution in [0.3, 0.4) is 0 Å². The van der Waals surface area contributed by atoms with Gasteiger partial charge in [0, 0.05) is 0 Å². The van der Waals surface area contributed by atoms with Crippen LogP contribution in [0.25, 0.3) is 0 Å². The number of likely N-dealkylation sites (tertiary alicyclic amines) is 2. The van der Waals surface area contributed by atoms with Crippen LogP contribution in [0.15, 0.2) is 12.2 Å². The number of phosphoric acid groups is 2. The molecule has 0 radical (unpaired) electrons. The summed E-state index contributed by atoms with van der Waals surface area (Å²) in [6, 6.07) is 0. The summed E-state index contributed by atoms with van der Waals surface area (Å²) in [5.41, 5.74) is 0. The van der Waals surface area contributed by atoms with Crippen LogP contribution in [0.1, 0.15) is 0 Å². The van der Waals surface area contributed by atoms with Gasteiger partial charge in [0.2, 0.25) is 23.6 Å². The van der Waals surface area contributed by atoms with Crippen LogP contribution < -0.4 is 0 Å². The summed E-state index contributed by atoms with van der Waals surface area (Å²) in [6.45, 7) is -1.79. The molecule has 0 aromatic carbocycles. The Kier molecular flexibility index (Phi) is 4.74. The summed E-state index contributed by atoms with van der Waals surface area (Å²) in [4.78, 5) is 88.3. The van der Waals surface area contributed by atoms with E-state index < -0.39 is 100 Å². The molecule has 2 heterocycles. The number of carbonyl (C=O) groups excluding carboxylic acids is 4. The molecule has 4 N–H and O–H groups in total. The normalized spacial score (nSPS) is 40.0. The van der Waals surface area contributed by atoms with E-state index in [1.165, 1.54) is 0 Å². The minimum atomic E-state index is -4.92. The van der Waals surface area contributed by atoms with Crippen molar-refractivity contribution in [1.82, 2.24) is 9.80 Å². The Morgan fingerprint density at radius 2 is 0.969 bits per heavy atom. The van der Waals surface area contributed by atoms with Crippen LogP contribution in [-0.4, -0.2) is 66.5 Å². The number of fused-ring (bicyclic) bond motifs is 1. The number of hydrogen-bond acceptors (Lipinski definition) is 8. The average molecular weight is 492 g/mol. The fraction of sp³-hybridized carbons (Fsp3) is 0.625. The zero-order valence-corrected chi connectivity index (χ0v) is 17.8. The number of phosphoric ester groups is 2. The first kappa shape index (κ1) is 22.1. The summed E-state index contributed by atoms with van der Waals surface area (Å²) in [5.74, 6) is -7.84. The van der Waals surface area contributed by atoms with Gasteiger partial charge in [0.15, 0.2) is 0 Å². The second-order valence-corrected chi connectivity index (χ2v) is 11.0. The monoisotopic (exact) mass is 492 g/mol. The molecule has 2 aliphatic heterocycles. The SMILES string of the molecule is O=C1[C@@H]2[C@H]3C=C[C@@H]([C@H]2C(=O)N1COP(=O)(O)O)[C@H]1[C@H]2C(=O)N(COP(=O)(O)O)C(=O)[C@@H]2[C@@H]31. The van der Waals surface area contributed by atoms with Crippen molar-refractivity contribution in [2.75, 3.05) is 13.5 Å². The van der Waals surface area contributed by atoms with Gasteiger partial charge in [-0.05, 0) is 23.7 Å². The van der Waals surface area contributed by atoms with Crippen LogP contribution in [0.5, 0.6) is 0 Å². The Bertz CT molecular complexity index is 1010. The Hall–Kier alpha value is -1.76. The first-order chi connectivity index (χ1) is 14.8. The number of nitrogens with zero attached hydrogens (tertiary/aromatic N) is 2. The minimum absolute atomic E-state index is 0.424. The molecule has 2 saturated heterocycles. The molecule has 4 amide bonds. The van der Waals surface area contributed by atoms with Gasteiger partial charge in [-0.1, -0.05) is 12.2 Å². The van der Waals surface area contributed by atoms with Gasteiger partial charge in [0.25, 0.3) is 0 Å². The predicted octanol–water partition coefficient (Wildman–Crippen LogP) is -1.62. The minimum Gasteiger partial charge on any atom is -0.303 e. The van der Waals surface area contributed by atoms with Crippen LogP contribution in [0, 0.1) is 47.3 Å². The Morgan fingerprint density at radius 3 is 1.28 bits per heavy atom. The number of hydrogen-bond donors (Lipinski definition) is 4. The second kappa shape index (κ2) is 6.87. The summed E-state index contributed by atoms with van der Waals surface area (Å²) >= 11 is 0. The fourth-order valence-electron chi connectivity index (χ4n) is 6.24. The molecule has 2 bridgehead atoms. The van der Waals surface area contributed by atoms with E-state index >= 15 is 0 Å². The molecule has 14 nitrogen and oxygen atoms in total. The highest BCUT2D eigenvalue weighted by Crippen LogP contribution is 2.68. The molecule has 6 rings (SSSR count). The van der Waals surface area contributed by atoms with Crippen molar-refractivity contribution >= 4 is 39.3 Å². The molecule has 4 fully saturated rings. The van der Waals surface area contributed by atoms with Crippen molar-refractivity contribution in [2.45, 2.75) is 0 Å². The van der Waals surface area contributed by atoms with E-state index in [2.05, 4.69) is 9.05 Å². The van der Waals surface area contributed by atoms with Gasteiger partial charge in [-0.3, -0.25) is 38.0 Å². The molecule has 4 aliphatic carbocycles. The second-order valence-electron chi connectivity index (χ2n) is 8.50. The summed E-state index contributed by atoms with van der Waals surface area (Å²) < 4.78 is 30.6. The van der Waals surface area contributed by atoms with Crippen LogP contribution in [0.2, 0.25) is 0 Å². The van der Waals surface area contributed by atoms with Crippen molar-refractivity contribution in [3.05, 3.63) is 12.2 Å². The van der Waals surface area contributed by atoms with E-state index in [-0.39, 0.29) is 0 Å². The van der Waals surface area contributed by atoms with Gasteiger partial charge in [0.05, 0.1) is 23.7 Å².